The molecule has 0 unspecified atom stereocenters. The fourth-order valence-corrected chi connectivity index (χ4v) is 2.02. The second-order valence-electron chi connectivity index (χ2n) is 4.04. The van der Waals surface area contributed by atoms with Crippen LogP contribution in [0.4, 0.5) is 0 Å². The monoisotopic (exact) mass is 206 g/mol. The lowest BCUT2D eigenvalue weighted by Crippen LogP contribution is -2.18. The van der Waals surface area contributed by atoms with Crippen molar-refractivity contribution in [3.8, 4) is 0 Å². The third-order valence-corrected chi connectivity index (χ3v) is 3.27. The highest BCUT2D eigenvalue weighted by molar-refractivity contribution is 6.35. The first-order valence-corrected chi connectivity index (χ1v) is 5.13. The number of hydrogen-bond donors (Lipinski definition) is 2. The molecule has 2 aromatic rings. The summed E-state index contributed by atoms with van der Waals surface area (Å²) in [6.45, 7) is 0. The van der Waals surface area contributed by atoms with Crippen LogP contribution in [0.5, 0.6) is 0 Å². The minimum atomic E-state index is -0.109. The van der Waals surface area contributed by atoms with Gasteiger partial charge in [0.1, 0.15) is 0 Å². The first kappa shape index (κ1) is 8.33. The molecule has 3 rings (SSSR count). The zero-order chi connectivity index (χ0) is 9.76. The Hall–Kier alpha value is -0.990. The Morgan fingerprint density at radius 1 is 1.36 bits per heavy atom. The Labute approximate surface area is 87.1 Å². The van der Waals surface area contributed by atoms with Crippen molar-refractivity contribution < 1.29 is 0 Å². The maximum absolute atomic E-state index is 6.11. The van der Waals surface area contributed by atoms with Crippen LogP contribution in [0.3, 0.4) is 0 Å². The fourth-order valence-electron chi connectivity index (χ4n) is 1.79. The number of halogens is 1. The van der Waals surface area contributed by atoms with Crippen LogP contribution in [0, 0.1) is 0 Å². The third-order valence-electron chi connectivity index (χ3n) is 2.94. The minimum absolute atomic E-state index is 0.109. The molecule has 72 valence electrons. The predicted octanol–water partition coefficient (Wildman–Crippen LogP) is 2.77. The number of benzene rings is 1. The molecule has 0 aliphatic heterocycles. The minimum Gasteiger partial charge on any atom is -0.357 e. The van der Waals surface area contributed by atoms with E-state index >= 15 is 0 Å². The quantitative estimate of drug-likeness (QED) is 0.740. The van der Waals surface area contributed by atoms with Crippen LogP contribution in [0.1, 0.15) is 18.5 Å². The van der Waals surface area contributed by atoms with Crippen LogP contribution in [0.2, 0.25) is 5.02 Å². The molecular formula is C11H11ClN2. The Balaban J connectivity index is 2.25. The third kappa shape index (κ3) is 1.08. The molecule has 3 heteroatoms. The van der Waals surface area contributed by atoms with Gasteiger partial charge >= 0.3 is 0 Å². The van der Waals surface area contributed by atoms with Gasteiger partial charge in [0.25, 0.3) is 0 Å². The van der Waals surface area contributed by atoms with Crippen molar-refractivity contribution in [3.63, 3.8) is 0 Å². The van der Waals surface area contributed by atoms with E-state index in [0.717, 1.165) is 34.5 Å². The highest BCUT2D eigenvalue weighted by Gasteiger charge is 2.41. The van der Waals surface area contributed by atoms with E-state index in [1.54, 1.807) is 0 Å². The summed E-state index contributed by atoms with van der Waals surface area (Å²) in [5.74, 6) is 0. The SMILES string of the molecule is NC1(c2cc3c(Cl)cccc3[nH]2)CC1. The normalized spacial score (nSPS) is 18.7. The summed E-state index contributed by atoms with van der Waals surface area (Å²) in [7, 11) is 0. The van der Waals surface area contributed by atoms with Gasteiger partial charge in [-0.15, -0.1) is 0 Å². The van der Waals surface area contributed by atoms with E-state index in [0.29, 0.717) is 0 Å². The topological polar surface area (TPSA) is 41.8 Å². The summed E-state index contributed by atoms with van der Waals surface area (Å²) in [5.41, 5.74) is 8.18. The molecule has 0 amide bonds. The van der Waals surface area contributed by atoms with Gasteiger partial charge in [0.15, 0.2) is 0 Å². The van der Waals surface area contributed by atoms with Crippen molar-refractivity contribution in [2.75, 3.05) is 0 Å². The predicted molar refractivity (Wildman–Crippen MR) is 58.4 cm³/mol. The molecule has 0 radical (unpaired) electrons. The van der Waals surface area contributed by atoms with E-state index in [-0.39, 0.29) is 5.54 Å². The lowest BCUT2D eigenvalue weighted by molar-refractivity contribution is 0.717. The van der Waals surface area contributed by atoms with Gasteiger partial charge in [-0.05, 0) is 31.0 Å². The van der Waals surface area contributed by atoms with E-state index in [1.807, 2.05) is 18.2 Å². The molecule has 1 aromatic heterocycles. The number of nitrogens with two attached hydrogens (primary N) is 1. The molecule has 1 aliphatic rings. The summed E-state index contributed by atoms with van der Waals surface area (Å²) in [5, 5.41) is 1.86. The molecule has 1 aliphatic carbocycles. The average Bonchev–Trinajstić information content (AvgIpc) is 2.77. The Morgan fingerprint density at radius 2 is 2.14 bits per heavy atom. The maximum Gasteiger partial charge on any atom is 0.0563 e. The molecule has 0 atom stereocenters. The van der Waals surface area contributed by atoms with Gasteiger partial charge in [0, 0.05) is 21.6 Å². The van der Waals surface area contributed by atoms with E-state index in [9.17, 15) is 0 Å². The molecule has 0 saturated heterocycles. The smallest absolute Gasteiger partial charge is 0.0563 e. The Bertz CT molecular complexity index is 497. The standard InChI is InChI=1S/C11H11ClN2/c12-8-2-1-3-9-7(8)6-10(14-9)11(13)4-5-11/h1-3,6,14H,4-5,13H2. The number of nitrogens with one attached hydrogen (secondary N) is 1. The molecule has 1 fully saturated rings. The van der Waals surface area contributed by atoms with Crippen LogP contribution in [-0.2, 0) is 5.54 Å². The molecular weight excluding hydrogens is 196 g/mol. The second kappa shape index (κ2) is 2.53. The number of aromatic amines is 1. The van der Waals surface area contributed by atoms with E-state index in [1.165, 1.54) is 0 Å². The van der Waals surface area contributed by atoms with Gasteiger partial charge < -0.3 is 10.7 Å². The zero-order valence-corrected chi connectivity index (χ0v) is 8.43. The molecule has 1 aromatic carbocycles. The van der Waals surface area contributed by atoms with Crippen LogP contribution in [-0.4, -0.2) is 4.98 Å². The maximum atomic E-state index is 6.11. The van der Waals surface area contributed by atoms with Gasteiger partial charge in [-0.2, -0.15) is 0 Å². The van der Waals surface area contributed by atoms with Crippen molar-refractivity contribution in [1.82, 2.24) is 4.98 Å². The first-order chi connectivity index (χ1) is 6.69. The lowest BCUT2D eigenvalue weighted by atomic mass is 10.2. The molecule has 2 nitrogen and oxygen atoms in total. The Kier molecular flexibility index (Phi) is 1.50. The van der Waals surface area contributed by atoms with Gasteiger partial charge in [0.05, 0.1) is 5.54 Å². The van der Waals surface area contributed by atoms with Crippen molar-refractivity contribution in [3.05, 3.63) is 35.0 Å². The van der Waals surface area contributed by atoms with Crippen LogP contribution in [0.15, 0.2) is 24.3 Å². The second-order valence-corrected chi connectivity index (χ2v) is 4.45. The fraction of sp³-hybridized carbons (Fsp3) is 0.273. The van der Waals surface area contributed by atoms with Crippen LogP contribution in [0.25, 0.3) is 10.9 Å². The molecule has 1 saturated carbocycles. The van der Waals surface area contributed by atoms with Gasteiger partial charge in [-0.1, -0.05) is 17.7 Å². The van der Waals surface area contributed by atoms with E-state index in [4.69, 9.17) is 17.3 Å². The van der Waals surface area contributed by atoms with E-state index in [2.05, 4.69) is 11.1 Å². The summed E-state index contributed by atoms with van der Waals surface area (Å²) in [6, 6.07) is 7.94. The first-order valence-electron chi connectivity index (χ1n) is 4.76. The number of H-pyrrole nitrogens is 1. The highest BCUT2D eigenvalue weighted by Crippen LogP contribution is 2.43. The summed E-state index contributed by atoms with van der Waals surface area (Å²) in [6.07, 6.45) is 2.13. The summed E-state index contributed by atoms with van der Waals surface area (Å²) in [4.78, 5) is 3.33. The molecule has 14 heavy (non-hydrogen) atoms. The molecule has 3 N–H and O–H groups in total. The average molecular weight is 207 g/mol. The van der Waals surface area contributed by atoms with Crippen LogP contribution >= 0.6 is 11.6 Å². The molecule has 0 spiro atoms. The molecule has 0 bridgehead atoms. The van der Waals surface area contributed by atoms with Crippen molar-refractivity contribution in [2.24, 2.45) is 5.73 Å². The van der Waals surface area contributed by atoms with E-state index < -0.39 is 0 Å². The highest BCUT2D eigenvalue weighted by atomic mass is 35.5. The Morgan fingerprint density at radius 3 is 2.79 bits per heavy atom. The van der Waals surface area contributed by atoms with Gasteiger partial charge in [-0.25, -0.2) is 0 Å². The number of rotatable bonds is 1. The summed E-state index contributed by atoms with van der Waals surface area (Å²) < 4.78 is 0. The largest absolute Gasteiger partial charge is 0.357 e. The lowest BCUT2D eigenvalue weighted by Gasteiger charge is -2.03. The van der Waals surface area contributed by atoms with Crippen LogP contribution < -0.4 is 5.73 Å². The van der Waals surface area contributed by atoms with Crippen molar-refractivity contribution >= 4 is 22.5 Å². The van der Waals surface area contributed by atoms with Crippen molar-refractivity contribution in [2.45, 2.75) is 18.4 Å². The number of hydrogen-bond acceptors (Lipinski definition) is 1. The summed E-state index contributed by atoms with van der Waals surface area (Å²) >= 11 is 6.08. The number of aromatic nitrogens is 1. The molecule has 1 heterocycles. The van der Waals surface area contributed by atoms with Crippen molar-refractivity contribution in [1.29, 1.82) is 0 Å². The zero-order valence-electron chi connectivity index (χ0n) is 7.68. The van der Waals surface area contributed by atoms with Gasteiger partial charge in [-0.3, -0.25) is 0 Å². The number of fused-ring (bicyclic) bond motifs is 1. The van der Waals surface area contributed by atoms with Gasteiger partial charge in [0.2, 0.25) is 0 Å².